The summed E-state index contributed by atoms with van der Waals surface area (Å²) in [6, 6.07) is 3.62. The number of carbonyl (C=O) groups is 1. The highest BCUT2D eigenvalue weighted by molar-refractivity contribution is 5.81. The molecular weight excluding hydrogens is 234 g/mol. The van der Waals surface area contributed by atoms with Crippen molar-refractivity contribution in [1.29, 1.82) is 0 Å². The van der Waals surface area contributed by atoms with Crippen molar-refractivity contribution in [2.24, 2.45) is 0 Å². The van der Waals surface area contributed by atoms with Crippen LogP contribution in [0.25, 0.3) is 0 Å². The van der Waals surface area contributed by atoms with Crippen LogP contribution in [-0.4, -0.2) is 45.2 Å². The maximum absolute atomic E-state index is 11.7. The van der Waals surface area contributed by atoms with E-state index in [1.54, 1.807) is 26.2 Å². The van der Waals surface area contributed by atoms with E-state index in [2.05, 4.69) is 0 Å². The summed E-state index contributed by atoms with van der Waals surface area (Å²) >= 11 is 0. The predicted octanol–water partition coefficient (Wildman–Crippen LogP) is 1.10. The molecular formula is C13H17NO4. The molecule has 0 radical (unpaired) electrons. The molecule has 1 saturated heterocycles. The van der Waals surface area contributed by atoms with E-state index in [0.29, 0.717) is 23.7 Å². The van der Waals surface area contributed by atoms with Gasteiger partial charge in [0, 0.05) is 13.1 Å². The van der Waals surface area contributed by atoms with Crippen LogP contribution < -0.4 is 14.2 Å². The molecule has 0 spiro atoms. The van der Waals surface area contributed by atoms with Crippen molar-refractivity contribution in [2.75, 3.05) is 34.4 Å². The SMILES string of the molecule is COc1cc(CC(=O)N2CC2)cc(OC)c1OC. The molecule has 98 valence electrons. The topological polar surface area (TPSA) is 47.8 Å². The highest BCUT2D eigenvalue weighted by Gasteiger charge is 2.24. The minimum absolute atomic E-state index is 0.129. The second-order valence-electron chi connectivity index (χ2n) is 4.09. The van der Waals surface area contributed by atoms with Crippen molar-refractivity contribution >= 4 is 5.91 Å². The standard InChI is InChI=1S/C13H17NO4/c1-16-10-6-9(8-12(15)14-4-5-14)7-11(17-2)13(10)18-3/h6-7H,4-5,8H2,1-3H3. The van der Waals surface area contributed by atoms with Gasteiger partial charge in [-0.2, -0.15) is 0 Å². The van der Waals surface area contributed by atoms with E-state index in [-0.39, 0.29) is 5.91 Å². The van der Waals surface area contributed by atoms with Gasteiger partial charge in [0.05, 0.1) is 27.8 Å². The van der Waals surface area contributed by atoms with Crippen molar-refractivity contribution in [1.82, 2.24) is 4.90 Å². The third-order valence-corrected chi connectivity index (χ3v) is 2.88. The van der Waals surface area contributed by atoms with E-state index >= 15 is 0 Å². The van der Waals surface area contributed by atoms with Gasteiger partial charge < -0.3 is 19.1 Å². The summed E-state index contributed by atoms with van der Waals surface area (Å²) in [7, 11) is 4.68. The first-order valence-electron chi connectivity index (χ1n) is 5.76. The van der Waals surface area contributed by atoms with Crippen molar-refractivity contribution in [3.63, 3.8) is 0 Å². The molecule has 1 aliphatic heterocycles. The molecule has 1 amide bonds. The van der Waals surface area contributed by atoms with Crippen LogP contribution >= 0.6 is 0 Å². The smallest absolute Gasteiger partial charge is 0.227 e. The Kier molecular flexibility index (Phi) is 3.60. The van der Waals surface area contributed by atoms with Gasteiger partial charge in [0.25, 0.3) is 0 Å². The van der Waals surface area contributed by atoms with Gasteiger partial charge in [0.1, 0.15) is 0 Å². The number of methoxy groups -OCH3 is 3. The molecule has 1 aliphatic rings. The number of hydrogen-bond donors (Lipinski definition) is 0. The van der Waals surface area contributed by atoms with Crippen molar-refractivity contribution < 1.29 is 19.0 Å². The molecule has 1 heterocycles. The van der Waals surface area contributed by atoms with Crippen LogP contribution in [0.5, 0.6) is 17.2 Å². The molecule has 5 nitrogen and oxygen atoms in total. The quantitative estimate of drug-likeness (QED) is 0.735. The van der Waals surface area contributed by atoms with Gasteiger partial charge in [-0.15, -0.1) is 0 Å². The van der Waals surface area contributed by atoms with E-state index < -0.39 is 0 Å². The van der Waals surface area contributed by atoms with Crippen LogP contribution in [0.1, 0.15) is 5.56 Å². The maximum atomic E-state index is 11.7. The first-order chi connectivity index (χ1) is 8.69. The first kappa shape index (κ1) is 12.5. The zero-order valence-electron chi connectivity index (χ0n) is 10.9. The largest absolute Gasteiger partial charge is 0.493 e. The molecule has 0 N–H and O–H groups in total. The highest BCUT2D eigenvalue weighted by Crippen LogP contribution is 2.38. The third kappa shape index (κ3) is 2.50. The van der Waals surface area contributed by atoms with E-state index in [1.807, 2.05) is 12.1 Å². The predicted molar refractivity (Wildman–Crippen MR) is 66.4 cm³/mol. The Bertz CT molecular complexity index is 429. The fourth-order valence-corrected chi connectivity index (χ4v) is 1.82. The number of hydrogen-bond acceptors (Lipinski definition) is 4. The minimum atomic E-state index is 0.129. The summed E-state index contributed by atoms with van der Waals surface area (Å²) in [6.07, 6.45) is 0.358. The average molecular weight is 251 g/mol. The number of amides is 1. The Hall–Kier alpha value is -1.91. The van der Waals surface area contributed by atoms with Crippen LogP contribution in [0.3, 0.4) is 0 Å². The second kappa shape index (κ2) is 5.16. The molecule has 0 aromatic heterocycles. The maximum Gasteiger partial charge on any atom is 0.227 e. The average Bonchev–Trinajstić information content (AvgIpc) is 3.21. The normalized spacial score (nSPS) is 13.2. The Morgan fingerprint density at radius 3 is 2.06 bits per heavy atom. The number of ether oxygens (including phenoxy) is 3. The molecule has 1 aromatic rings. The van der Waals surface area contributed by atoms with E-state index in [1.165, 1.54) is 0 Å². The molecule has 2 rings (SSSR count). The lowest BCUT2D eigenvalue weighted by atomic mass is 10.1. The second-order valence-corrected chi connectivity index (χ2v) is 4.09. The summed E-state index contributed by atoms with van der Waals surface area (Å²) in [5.41, 5.74) is 0.862. The van der Waals surface area contributed by atoms with Crippen molar-refractivity contribution in [3.05, 3.63) is 17.7 Å². The summed E-state index contributed by atoms with van der Waals surface area (Å²) in [5, 5.41) is 0. The van der Waals surface area contributed by atoms with Crippen LogP contribution in [0.4, 0.5) is 0 Å². The monoisotopic (exact) mass is 251 g/mol. The van der Waals surface area contributed by atoms with Crippen molar-refractivity contribution in [2.45, 2.75) is 6.42 Å². The molecule has 0 unspecified atom stereocenters. The molecule has 0 saturated carbocycles. The minimum Gasteiger partial charge on any atom is -0.493 e. The molecule has 5 heteroatoms. The Labute approximate surface area is 106 Å². The number of nitrogens with zero attached hydrogens (tertiary/aromatic N) is 1. The molecule has 0 atom stereocenters. The zero-order valence-corrected chi connectivity index (χ0v) is 10.9. The van der Waals surface area contributed by atoms with E-state index in [0.717, 1.165) is 18.7 Å². The zero-order chi connectivity index (χ0) is 13.1. The van der Waals surface area contributed by atoms with E-state index in [4.69, 9.17) is 14.2 Å². The van der Waals surface area contributed by atoms with Gasteiger partial charge in [-0.05, 0) is 17.7 Å². The fraction of sp³-hybridized carbons (Fsp3) is 0.462. The first-order valence-corrected chi connectivity index (χ1v) is 5.76. The third-order valence-electron chi connectivity index (χ3n) is 2.88. The lowest BCUT2D eigenvalue weighted by molar-refractivity contribution is -0.125. The summed E-state index contributed by atoms with van der Waals surface area (Å²) in [6.45, 7) is 1.73. The Morgan fingerprint density at radius 1 is 1.11 bits per heavy atom. The van der Waals surface area contributed by atoms with Gasteiger partial charge in [-0.3, -0.25) is 4.79 Å². The lowest BCUT2D eigenvalue weighted by Gasteiger charge is -2.14. The molecule has 1 fully saturated rings. The highest BCUT2D eigenvalue weighted by atomic mass is 16.5. The number of benzene rings is 1. The number of rotatable bonds is 5. The lowest BCUT2D eigenvalue weighted by Crippen LogP contribution is -2.13. The summed E-state index contributed by atoms with van der Waals surface area (Å²) < 4.78 is 15.7. The summed E-state index contributed by atoms with van der Waals surface area (Å²) in [4.78, 5) is 13.5. The molecule has 18 heavy (non-hydrogen) atoms. The van der Waals surface area contributed by atoms with Gasteiger partial charge in [0.15, 0.2) is 11.5 Å². The van der Waals surface area contributed by atoms with Crippen LogP contribution in [-0.2, 0) is 11.2 Å². The molecule has 1 aromatic carbocycles. The van der Waals surface area contributed by atoms with Crippen LogP contribution in [0, 0.1) is 0 Å². The van der Waals surface area contributed by atoms with Crippen LogP contribution in [0.2, 0.25) is 0 Å². The molecule has 0 aliphatic carbocycles. The number of carbonyl (C=O) groups excluding carboxylic acids is 1. The van der Waals surface area contributed by atoms with Crippen molar-refractivity contribution in [3.8, 4) is 17.2 Å². The van der Waals surface area contributed by atoms with Gasteiger partial charge >= 0.3 is 0 Å². The van der Waals surface area contributed by atoms with Crippen LogP contribution in [0.15, 0.2) is 12.1 Å². The molecule has 0 bridgehead atoms. The van der Waals surface area contributed by atoms with Gasteiger partial charge in [0.2, 0.25) is 11.7 Å². The van der Waals surface area contributed by atoms with E-state index in [9.17, 15) is 4.79 Å². The van der Waals surface area contributed by atoms with Gasteiger partial charge in [-0.25, -0.2) is 0 Å². The summed E-state index contributed by atoms with van der Waals surface area (Å²) in [5.74, 6) is 1.82. The van der Waals surface area contributed by atoms with Gasteiger partial charge in [-0.1, -0.05) is 0 Å². The Morgan fingerprint density at radius 2 is 1.67 bits per heavy atom. The fourth-order valence-electron chi connectivity index (χ4n) is 1.82. The Balaban J connectivity index is 2.27.